The molecule has 0 aromatic rings. The summed E-state index contributed by atoms with van der Waals surface area (Å²) in [5.74, 6) is -0.605. The van der Waals surface area contributed by atoms with E-state index in [1.54, 1.807) is 0 Å². The van der Waals surface area contributed by atoms with Crippen LogP contribution in [0.4, 0.5) is 0 Å². The quantitative estimate of drug-likeness (QED) is 0.602. The third-order valence-corrected chi connectivity index (χ3v) is 2.79. The van der Waals surface area contributed by atoms with Crippen molar-refractivity contribution in [2.75, 3.05) is 6.61 Å². The van der Waals surface area contributed by atoms with E-state index in [0.717, 1.165) is 0 Å². The van der Waals surface area contributed by atoms with Crippen LogP contribution in [0.25, 0.3) is 0 Å². The van der Waals surface area contributed by atoms with Gasteiger partial charge in [0.1, 0.15) is 6.10 Å². The zero-order chi connectivity index (χ0) is 9.64. The Hall–Kier alpha value is -0.160. The average Bonchev–Trinajstić information content (AvgIpc) is 2.47. The largest absolute Gasteiger partial charge is 0.396 e. The fourth-order valence-corrected chi connectivity index (χ4v) is 2.24. The van der Waals surface area contributed by atoms with Gasteiger partial charge in [0.2, 0.25) is 0 Å². The van der Waals surface area contributed by atoms with Crippen LogP contribution in [0.15, 0.2) is 0 Å². The summed E-state index contributed by atoms with van der Waals surface area (Å²) < 4.78 is 11.1. The highest BCUT2D eigenvalue weighted by molar-refractivity contribution is 4.97. The van der Waals surface area contributed by atoms with Crippen molar-refractivity contribution in [1.29, 1.82) is 0 Å². The first-order valence-corrected chi connectivity index (χ1v) is 4.68. The fraction of sp³-hybridized carbons (Fsp3) is 1.00. The zero-order valence-electron chi connectivity index (χ0n) is 7.93. The van der Waals surface area contributed by atoms with Crippen LogP contribution in [0.2, 0.25) is 0 Å². The van der Waals surface area contributed by atoms with Crippen molar-refractivity contribution < 1.29 is 19.7 Å². The molecular weight excluding hydrogens is 172 g/mol. The number of aliphatic hydroxyl groups excluding tert-OH is 2. The summed E-state index contributed by atoms with van der Waals surface area (Å²) in [7, 11) is 0. The van der Waals surface area contributed by atoms with Crippen LogP contribution >= 0.6 is 0 Å². The molecule has 4 heteroatoms. The smallest absolute Gasteiger partial charge is 0.163 e. The highest BCUT2D eigenvalue weighted by atomic mass is 16.8. The van der Waals surface area contributed by atoms with Crippen LogP contribution in [-0.2, 0) is 9.47 Å². The number of hydrogen-bond acceptors (Lipinski definition) is 4. The number of aliphatic hydroxyl groups is 2. The van der Waals surface area contributed by atoms with Crippen molar-refractivity contribution in [3.63, 3.8) is 0 Å². The first kappa shape index (κ1) is 9.40. The lowest BCUT2D eigenvalue weighted by Crippen LogP contribution is -2.28. The van der Waals surface area contributed by atoms with Crippen LogP contribution in [-0.4, -0.2) is 40.9 Å². The van der Waals surface area contributed by atoms with Gasteiger partial charge in [0.15, 0.2) is 5.79 Å². The van der Waals surface area contributed by atoms with Crippen LogP contribution in [0.3, 0.4) is 0 Å². The monoisotopic (exact) mass is 188 g/mol. The van der Waals surface area contributed by atoms with E-state index in [2.05, 4.69) is 0 Å². The van der Waals surface area contributed by atoms with E-state index in [9.17, 15) is 5.11 Å². The van der Waals surface area contributed by atoms with Gasteiger partial charge in [0.05, 0.1) is 12.2 Å². The van der Waals surface area contributed by atoms with E-state index in [0.29, 0.717) is 6.42 Å². The molecule has 1 unspecified atom stereocenters. The van der Waals surface area contributed by atoms with Crippen molar-refractivity contribution in [3.8, 4) is 0 Å². The lowest BCUT2D eigenvalue weighted by molar-refractivity contribution is -0.167. The molecule has 2 fully saturated rings. The lowest BCUT2D eigenvalue weighted by Gasteiger charge is -2.21. The Morgan fingerprint density at radius 2 is 1.92 bits per heavy atom. The van der Waals surface area contributed by atoms with Gasteiger partial charge in [-0.1, -0.05) is 0 Å². The van der Waals surface area contributed by atoms with Crippen LogP contribution < -0.4 is 0 Å². The summed E-state index contributed by atoms with van der Waals surface area (Å²) in [5.41, 5.74) is 0. The molecule has 2 aliphatic rings. The molecule has 2 rings (SSSR count). The number of rotatable bonds is 1. The Morgan fingerprint density at radius 3 is 2.54 bits per heavy atom. The van der Waals surface area contributed by atoms with E-state index in [4.69, 9.17) is 14.6 Å². The predicted molar refractivity (Wildman–Crippen MR) is 45.0 cm³/mol. The zero-order valence-corrected chi connectivity index (χ0v) is 7.93. The Labute approximate surface area is 77.5 Å². The van der Waals surface area contributed by atoms with Gasteiger partial charge in [0.25, 0.3) is 0 Å². The molecule has 0 aromatic heterocycles. The molecule has 13 heavy (non-hydrogen) atoms. The third kappa shape index (κ3) is 1.48. The Morgan fingerprint density at radius 1 is 1.31 bits per heavy atom. The molecule has 1 aliphatic carbocycles. The van der Waals surface area contributed by atoms with Gasteiger partial charge in [-0.25, -0.2) is 0 Å². The summed E-state index contributed by atoms with van der Waals surface area (Å²) in [6.07, 6.45) is -0.326. The molecule has 0 radical (unpaired) electrons. The van der Waals surface area contributed by atoms with Crippen molar-refractivity contribution in [2.45, 2.75) is 44.4 Å². The first-order valence-electron chi connectivity index (χ1n) is 4.68. The van der Waals surface area contributed by atoms with Crippen molar-refractivity contribution in [1.82, 2.24) is 0 Å². The van der Waals surface area contributed by atoms with Crippen LogP contribution in [0.1, 0.15) is 20.3 Å². The second kappa shape index (κ2) is 2.92. The second-order valence-corrected chi connectivity index (χ2v) is 4.31. The molecular formula is C9H16O4. The number of ether oxygens (including phenoxy) is 2. The maximum atomic E-state index is 9.62. The molecule has 0 spiro atoms. The SMILES string of the molecule is CC1(C)O[C@H]2[C@@H](CO)CC(O)[C@H]2O1. The van der Waals surface area contributed by atoms with Crippen molar-refractivity contribution in [2.24, 2.45) is 5.92 Å². The van der Waals surface area contributed by atoms with E-state index in [1.807, 2.05) is 13.8 Å². The lowest BCUT2D eigenvalue weighted by atomic mass is 10.1. The standard InChI is InChI=1S/C9H16O4/c1-9(2)12-7-5(4-10)3-6(11)8(7)13-9/h5-8,10-11H,3-4H2,1-2H3/t5-,6?,7+,8-/m1/s1. The molecule has 76 valence electrons. The fourth-order valence-electron chi connectivity index (χ4n) is 2.24. The topological polar surface area (TPSA) is 58.9 Å². The van der Waals surface area contributed by atoms with Crippen LogP contribution in [0, 0.1) is 5.92 Å². The van der Waals surface area contributed by atoms with Crippen LogP contribution in [0.5, 0.6) is 0 Å². The molecule has 1 aliphatic heterocycles. The summed E-state index contributed by atoms with van der Waals surface area (Å²) in [4.78, 5) is 0. The molecule has 1 saturated heterocycles. The first-order chi connectivity index (χ1) is 6.03. The van der Waals surface area contributed by atoms with Gasteiger partial charge >= 0.3 is 0 Å². The summed E-state index contributed by atoms with van der Waals surface area (Å²) in [5, 5.41) is 18.7. The Bertz CT molecular complexity index is 204. The third-order valence-electron chi connectivity index (χ3n) is 2.79. The number of fused-ring (bicyclic) bond motifs is 1. The van der Waals surface area contributed by atoms with E-state index in [1.165, 1.54) is 0 Å². The van der Waals surface area contributed by atoms with Gasteiger partial charge in [-0.3, -0.25) is 0 Å². The van der Waals surface area contributed by atoms with Gasteiger partial charge in [0, 0.05) is 12.5 Å². The van der Waals surface area contributed by atoms with E-state index in [-0.39, 0.29) is 24.7 Å². The Kier molecular flexibility index (Phi) is 2.11. The molecule has 0 amide bonds. The second-order valence-electron chi connectivity index (χ2n) is 4.31. The van der Waals surface area contributed by atoms with E-state index < -0.39 is 11.9 Å². The molecule has 0 bridgehead atoms. The minimum absolute atomic E-state index is 0.0155. The minimum Gasteiger partial charge on any atom is -0.396 e. The average molecular weight is 188 g/mol. The normalized spacial score (nSPS) is 48.0. The molecule has 1 heterocycles. The van der Waals surface area contributed by atoms with Crippen molar-refractivity contribution in [3.05, 3.63) is 0 Å². The highest BCUT2D eigenvalue weighted by Crippen LogP contribution is 2.41. The van der Waals surface area contributed by atoms with Gasteiger partial charge in [-0.15, -0.1) is 0 Å². The number of hydrogen-bond donors (Lipinski definition) is 2. The maximum Gasteiger partial charge on any atom is 0.163 e. The maximum absolute atomic E-state index is 9.62. The predicted octanol–water partition coefficient (Wildman–Crippen LogP) is -0.120. The van der Waals surface area contributed by atoms with Gasteiger partial charge in [-0.05, 0) is 20.3 Å². The Balaban J connectivity index is 2.12. The van der Waals surface area contributed by atoms with E-state index >= 15 is 0 Å². The van der Waals surface area contributed by atoms with Crippen molar-refractivity contribution >= 4 is 0 Å². The van der Waals surface area contributed by atoms with Gasteiger partial charge in [-0.2, -0.15) is 0 Å². The minimum atomic E-state index is -0.621. The van der Waals surface area contributed by atoms with Gasteiger partial charge < -0.3 is 19.7 Å². The summed E-state index contributed by atoms with van der Waals surface area (Å²) in [6.45, 7) is 3.70. The highest BCUT2D eigenvalue weighted by Gasteiger charge is 2.53. The summed E-state index contributed by atoms with van der Waals surface area (Å²) >= 11 is 0. The molecule has 4 nitrogen and oxygen atoms in total. The molecule has 2 N–H and O–H groups in total. The molecule has 1 saturated carbocycles. The molecule has 0 aromatic carbocycles. The molecule has 4 atom stereocenters. The summed E-state index contributed by atoms with van der Waals surface area (Å²) in [6, 6.07) is 0.